The number of carbonyl (C=O) groups excluding carboxylic acids is 1. The van der Waals surface area contributed by atoms with Crippen LogP contribution in [0, 0.1) is 5.82 Å². The summed E-state index contributed by atoms with van der Waals surface area (Å²) in [4.78, 5) is 14.5. The number of halogens is 1. The Hall–Kier alpha value is -2.17. The van der Waals surface area contributed by atoms with Crippen LogP contribution in [0.3, 0.4) is 0 Å². The number of hydrogen-bond acceptors (Lipinski definition) is 3. The Bertz CT molecular complexity index is 708. The summed E-state index contributed by atoms with van der Waals surface area (Å²) in [5, 5.41) is 3.93. The van der Waals surface area contributed by atoms with Crippen LogP contribution in [0.1, 0.15) is 59.5 Å². The van der Waals surface area contributed by atoms with Gasteiger partial charge < -0.3 is 9.42 Å². The second-order valence-corrected chi connectivity index (χ2v) is 6.10. The summed E-state index contributed by atoms with van der Waals surface area (Å²) in [6.07, 6.45) is 3.99. The molecule has 1 aromatic heterocycles. The molecule has 2 fully saturated rings. The molecule has 1 atom stereocenters. The van der Waals surface area contributed by atoms with Gasteiger partial charge in [0, 0.05) is 18.5 Å². The molecule has 2 aromatic rings. The van der Waals surface area contributed by atoms with Crippen molar-refractivity contribution in [3.63, 3.8) is 0 Å². The van der Waals surface area contributed by atoms with Crippen LogP contribution >= 0.6 is 0 Å². The van der Waals surface area contributed by atoms with Crippen molar-refractivity contribution in [2.24, 2.45) is 0 Å². The van der Waals surface area contributed by atoms with E-state index < -0.39 is 0 Å². The van der Waals surface area contributed by atoms with Crippen LogP contribution < -0.4 is 0 Å². The molecule has 2 heterocycles. The minimum atomic E-state index is -0.269. The summed E-state index contributed by atoms with van der Waals surface area (Å²) in [6.45, 7) is 0.672. The van der Waals surface area contributed by atoms with Crippen molar-refractivity contribution in [3.05, 3.63) is 53.2 Å². The summed E-state index contributed by atoms with van der Waals surface area (Å²) in [5.74, 6) is 0.855. The molecule has 4 rings (SSSR count). The molecule has 1 saturated carbocycles. The van der Waals surface area contributed by atoms with Crippen LogP contribution in [0.4, 0.5) is 4.39 Å². The van der Waals surface area contributed by atoms with Gasteiger partial charge in [-0.25, -0.2) is 4.39 Å². The first-order chi connectivity index (χ1) is 10.7. The molecule has 1 saturated heterocycles. The van der Waals surface area contributed by atoms with Crippen LogP contribution in [0.15, 0.2) is 34.9 Å². The lowest BCUT2D eigenvalue weighted by atomic mass is 10.0. The van der Waals surface area contributed by atoms with Crippen LogP contribution in [0.2, 0.25) is 0 Å². The number of benzene rings is 1. The van der Waals surface area contributed by atoms with Gasteiger partial charge in [-0.3, -0.25) is 4.79 Å². The van der Waals surface area contributed by atoms with E-state index in [1.165, 1.54) is 12.1 Å². The highest BCUT2D eigenvalue weighted by Gasteiger charge is 2.34. The van der Waals surface area contributed by atoms with Gasteiger partial charge in [0.15, 0.2) is 5.69 Å². The third-order valence-corrected chi connectivity index (χ3v) is 4.47. The lowest BCUT2D eigenvalue weighted by molar-refractivity contribution is 0.0724. The minimum Gasteiger partial charge on any atom is -0.360 e. The largest absolute Gasteiger partial charge is 0.360 e. The zero-order valence-electron chi connectivity index (χ0n) is 12.2. The molecule has 1 aliphatic carbocycles. The van der Waals surface area contributed by atoms with Gasteiger partial charge >= 0.3 is 0 Å². The number of likely N-dealkylation sites (tertiary alicyclic amines) is 1. The van der Waals surface area contributed by atoms with Gasteiger partial charge in [-0.1, -0.05) is 17.3 Å². The molecular weight excluding hydrogens is 283 g/mol. The Labute approximate surface area is 127 Å². The van der Waals surface area contributed by atoms with Gasteiger partial charge in [-0.2, -0.15) is 0 Å². The predicted octanol–water partition coefficient (Wildman–Crippen LogP) is 3.67. The summed E-state index contributed by atoms with van der Waals surface area (Å²) in [5.41, 5.74) is 1.21. The van der Waals surface area contributed by atoms with Gasteiger partial charge in [0.2, 0.25) is 0 Å². The smallest absolute Gasteiger partial charge is 0.276 e. The predicted molar refractivity (Wildman–Crippen MR) is 77.9 cm³/mol. The standard InChI is InChI=1S/C17H17FN2O2/c18-13-4-1-3-12(9-13)15-5-2-8-20(15)17(21)14-10-16(22-19-14)11-6-7-11/h1,3-4,9-11,15H,2,5-8H2/t15-/m0/s1. The molecule has 0 radical (unpaired) electrons. The maximum absolute atomic E-state index is 13.4. The van der Waals surface area contributed by atoms with Crippen molar-refractivity contribution in [2.75, 3.05) is 6.54 Å². The molecule has 0 bridgehead atoms. The zero-order chi connectivity index (χ0) is 15.1. The van der Waals surface area contributed by atoms with Crippen molar-refractivity contribution >= 4 is 5.91 Å². The fraction of sp³-hybridized carbons (Fsp3) is 0.412. The molecule has 114 valence electrons. The summed E-state index contributed by atoms with van der Waals surface area (Å²) >= 11 is 0. The Morgan fingerprint density at radius 1 is 1.27 bits per heavy atom. The van der Waals surface area contributed by atoms with Gasteiger partial charge in [0.05, 0.1) is 6.04 Å². The first-order valence-electron chi connectivity index (χ1n) is 7.75. The Morgan fingerprint density at radius 3 is 2.91 bits per heavy atom. The molecule has 1 amide bonds. The highest BCUT2D eigenvalue weighted by molar-refractivity contribution is 5.92. The molecule has 4 nitrogen and oxygen atoms in total. The van der Waals surface area contributed by atoms with Crippen LogP contribution in [-0.4, -0.2) is 22.5 Å². The monoisotopic (exact) mass is 300 g/mol. The molecule has 0 unspecified atom stereocenters. The quantitative estimate of drug-likeness (QED) is 0.869. The zero-order valence-corrected chi connectivity index (χ0v) is 12.2. The van der Waals surface area contributed by atoms with Crippen LogP contribution in [0.5, 0.6) is 0 Å². The molecule has 5 heteroatoms. The Kier molecular flexibility index (Phi) is 3.21. The topological polar surface area (TPSA) is 46.3 Å². The third kappa shape index (κ3) is 2.40. The van der Waals surface area contributed by atoms with E-state index in [0.29, 0.717) is 18.2 Å². The van der Waals surface area contributed by atoms with Crippen molar-refractivity contribution in [1.82, 2.24) is 10.1 Å². The van der Waals surface area contributed by atoms with Gasteiger partial charge in [-0.05, 0) is 43.4 Å². The van der Waals surface area contributed by atoms with E-state index in [-0.39, 0.29) is 17.8 Å². The lowest BCUT2D eigenvalue weighted by Gasteiger charge is -2.24. The third-order valence-electron chi connectivity index (χ3n) is 4.47. The number of nitrogens with zero attached hydrogens (tertiary/aromatic N) is 2. The maximum atomic E-state index is 13.4. The molecule has 22 heavy (non-hydrogen) atoms. The molecule has 2 aliphatic rings. The van der Waals surface area contributed by atoms with Crippen molar-refractivity contribution in [1.29, 1.82) is 0 Å². The van der Waals surface area contributed by atoms with E-state index >= 15 is 0 Å². The van der Waals surface area contributed by atoms with E-state index in [2.05, 4.69) is 5.16 Å². The molecule has 0 spiro atoms. The van der Waals surface area contributed by atoms with Crippen molar-refractivity contribution < 1.29 is 13.7 Å². The average Bonchev–Trinajstić information content (AvgIpc) is 3.06. The van der Waals surface area contributed by atoms with Gasteiger partial charge in [0.1, 0.15) is 11.6 Å². The number of rotatable bonds is 3. The highest BCUT2D eigenvalue weighted by Crippen LogP contribution is 2.40. The number of aromatic nitrogens is 1. The number of carbonyl (C=O) groups is 1. The average molecular weight is 300 g/mol. The van der Waals surface area contributed by atoms with E-state index in [0.717, 1.165) is 37.0 Å². The molecule has 1 aliphatic heterocycles. The SMILES string of the molecule is O=C(c1cc(C2CC2)on1)N1CCC[C@H]1c1cccc(F)c1. The Morgan fingerprint density at radius 2 is 2.14 bits per heavy atom. The second kappa shape index (κ2) is 5.23. The Balaban J connectivity index is 1.58. The molecule has 0 N–H and O–H groups in total. The summed E-state index contributed by atoms with van der Waals surface area (Å²) < 4.78 is 18.7. The lowest BCUT2D eigenvalue weighted by Crippen LogP contribution is -2.30. The van der Waals surface area contributed by atoms with Gasteiger partial charge in [-0.15, -0.1) is 0 Å². The van der Waals surface area contributed by atoms with E-state index in [1.807, 2.05) is 6.07 Å². The molecular formula is C17H17FN2O2. The van der Waals surface area contributed by atoms with Crippen molar-refractivity contribution in [3.8, 4) is 0 Å². The highest BCUT2D eigenvalue weighted by atomic mass is 19.1. The summed E-state index contributed by atoms with van der Waals surface area (Å²) in [6, 6.07) is 8.18. The first kappa shape index (κ1) is 13.5. The van der Waals surface area contributed by atoms with E-state index in [9.17, 15) is 9.18 Å². The fourth-order valence-electron chi connectivity index (χ4n) is 3.17. The van der Waals surface area contributed by atoms with E-state index in [1.54, 1.807) is 17.0 Å². The van der Waals surface area contributed by atoms with E-state index in [4.69, 9.17) is 4.52 Å². The van der Waals surface area contributed by atoms with Crippen molar-refractivity contribution in [2.45, 2.75) is 37.6 Å². The second-order valence-electron chi connectivity index (χ2n) is 6.10. The molecule has 1 aromatic carbocycles. The summed E-state index contributed by atoms with van der Waals surface area (Å²) in [7, 11) is 0. The van der Waals surface area contributed by atoms with Crippen LogP contribution in [0.25, 0.3) is 0 Å². The maximum Gasteiger partial charge on any atom is 0.276 e. The first-order valence-corrected chi connectivity index (χ1v) is 7.75. The minimum absolute atomic E-state index is 0.0794. The fourth-order valence-corrected chi connectivity index (χ4v) is 3.17. The number of hydrogen-bond donors (Lipinski definition) is 0. The van der Waals surface area contributed by atoms with Gasteiger partial charge in [0.25, 0.3) is 5.91 Å². The normalized spacial score (nSPS) is 21.3. The number of amides is 1. The van der Waals surface area contributed by atoms with Crippen LogP contribution in [-0.2, 0) is 0 Å².